The Bertz CT molecular complexity index is 275. The van der Waals surface area contributed by atoms with Crippen LogP contribution in [0.5, 0.6) is 0 Å². The van der Waals surface area contributed by atoms with Crippen molar-refractivity contribution < 1.29 is 9.47 Å². The predicted molar refractivity (Wildman–Crippen MR) is 55.2 cm³/mol. The van der Waals surface area contributed by atoms with Crippen molar-refractivity contribution in [2.45, 2.75) is 12.5 Å². The number of methoxy groups -OCH3 is 1. The molecule has 0 amide bonds. The average Bonchev–Trinajstić information content (AvgIpc) is 3.01. The lowest BCUT2D eigenvalue weighted by Gasteiger charge is -2.02. The van der Waals surface area contributed by atoms with E-state index in [9.17, 15) is 0 Å². The third-order valence-corrected chi connectivity index (χ3v) is 2.31. The van der Waals surface area contributed by atoms with E-state index in [1.807, 2.05) is 0 Å². The summed E-state index contributed by atoms with van der Waals surface area (Å²) in [4.78, 5) is 0. The standard InChI is InChI=1S/C12H15O2/c1-13-7-6-10-2-4-11(5-3-10)8-12-9-14-12/h2-5,8,12H,6-7,9H2,1H3. The van der Waals surface area contributed by atoms with Crippen molar-refractivity contribution >= 4 is 0 Å². The van der Waals surface area contributed by atoms with Crippen molar-refractivity contribution in [3.8, 4) is 0 Å². The summed E-state index contributed by atoms with van der Waals surface area (Å²) in [7, 11) is 1.73. The predicted octanol–water partition coefficient (Wildman–Crippen LogP) is 1.83. The zero-order chi connectivity index (χ0) is 9.80. The maximum Gasteiger partial charge on any atom is 0.0885 e. The summed E-state index contributed by atoms with van der Waals surface area (Å²) >= 11 is 0. The Hall–Kier alpha value is -0.860. The van der Waals surface area contributed by atoms with Gasteiger partial charge in [0.2, 0.25) is 0 Å². The summed E-state index contributed by atoms with van der Waals surface area (Å²) in [6.07, 6.45) is 3.50. The molecule has 2 nitrogen and oxygen atoms in total. The maximum atomic E-state index is 5.13. The molecular weight excluding hydrogens is 176 g/mol. The van der Waals surface area contributed by atoms with Crippen molar-refractivity contribution in [1.82, 2.24) is 0 Å². The van der Waals surface area contributed by atoms with Crippen LogP contribution in [0.1, 0.15) is 11.1 Å². The molecule has 1 atom stereocenters. The third kappa shape index (κ3) is 2.82. The molecule has 75 valence electrons. The highest BCUT2D eigenvalue weighted by Gasteiger charge is 2.22. The van der Waals surface area contributed by atoms with Gasteiger partial charge in [0.05, 0.1) is 19.3 Å². The largest absolute Gasteiger partial charge is 0.384 e. The normalized spacial score (nSPS) is 19.6. The van der Waals surface area contributed by atoms with Gasteiger partial charge in [-0.15, -0.1) is 0 Å². The fourth-order valence-corrected chi connectivity index (χ4v) is 1.38. The number of benzene rings is 1. The van der Waals surface area contributed by atoms with Gasteiger partial charge in [-0.05, 0) is 17.5 Å². The number of epoxide rings is 1. The van der Waals surface area contributed by atoms with Crippen molar-refractivity contribution in [1.29, 1.82) is 0 Å². The topological polar surface area (TPSA) is 21.8 Å². The van der Waals surface area contributed by atoms with Crippen LogP contribution >= 0.6 is 0 Å². The molecule has 1 fully saturated rings. The Labute approximate surface area is 84.8 Å². The molecule has 0 aliphatic carbocycles. The van der Waals surface area contributed by atoms with E-state index in [-0.39, 0.29) is 0 Å². The minimum Gasteiger partial charge on any atom is -0.384 e. The van der Waals surface area contributed by atoms with Crippen LogP contribution in [0.3, 0.4) is 0 Å². The second kappa shape index (κ2) is 4.58. The Balaban J connectivity index is 1.88. The zero-order valence-corrected chi connectivity index (χ0v) is 8.40. The van der Waals surface area contributed by atoms with Crippen molar-refractivity contribution in [3.05, 3.63) is 41.8 Å². The molecule has 1 aromatic carbocycles. The van der Waals surface area contributed by atoms with Gasteiger partial charge >= 0.3 is 0 Å². The SMILES string of the molecule is COCCc1ccc([CH]C2CO2)cc1. The van der Waals surface area contributed by atoms with E-state index in [0.717, 1.165) is 19.6 Å². The molecule has 0 saturated carbocycles. The fraction of sp³-hybridized carbons (Fsp3) is 0.417. The number of hydrogen-bond donors (Lipinski definition) is 0. The van der Waals surface area contributed by atoms with Gasteiger partial charge in [-0.3, -0.25) is 0 Å². The van der Waals surface area contributed by atoms with Crippen molar-refractivity contribution in [2.75, 3.05) is 20.3 Å². The minimum atomic E-state index is 0.361. The quantitative estimate of drug-likeness (QED) is 0.662. The van der Waals surface area contributed by atoms with Gasteiger partial charge in [0.1, 0.15) is 0 Å². The molecule has 2 heteroatoms. The van der Waals surface area contributed by atoms with E-state index in [0.29, 0.717) is 6.10 Å². The van der Waals surface area contributed by atoms with Gasteiger partial charge in [0.15, 0.2) is 0 Å². The van der Waals surface area contributed by atoms with Crippen LogP contribution in [0, 0.1) is 6.42 Å². The van der Waals surface area contributed by atoms with Crippen LogP contribution in [0.25, 0.3) is 0 Å². The van der Waals surface area contributed by atoms with E-state index in [4.69, 9.17) is 9.47 Å². The van der Waals surface area contributed by atoms with Gasteiger partial charge in [0, 0.05) is 13.5 Å². The highest BCUT2D eigenvalue weighted by atomic mass is 16.6. The van der Waals surface area contributed by atoms with Crippen LogP contribution in [0.4, 0.5) is 0 Å². The molecule has 1 aliphatic heterocycles. The highest BCUT2D eigenvalue weighted by molar-refractivity contribution is 5.29. The van der Waals surface area contributed by atoms with Crippen LogP contribution in [-0.4, -0.2) is 26.4 Å². The molecule has 14 heavy (non-hydrogen) atoms. The average molecular weight is 191 g/mol. The van der Waals surface area contributed by atoms with E-state index < -0.39 is 0 Å². The number of hydrogen-bond acceptors (Lipinski definition) is 2. The number of ether oxygens (including phenoxy) is 2. The monoisotopic (exact) mass is 191 g/mol. The van der Waals surface area contributed by atoms with Gasteiger partial charge in [0.25, 0.3) is 0 Å². The van der Waals surface area contributed by atoms with Crippen LogP contribution < -0.4 is 0 Å². The van der Waals surface area contributed by atoms with E-state index in [2.05, 4.69) is 30.7 Å². The Kier molecular flexibility index (Phi) is 3.17. The first-order chi connectivity index (χ1) is 6.88. The summed E-state index contributed by atoms with van der Waals surface area (Å²) < 4.78 is 10.2. The van der Waals surface area contributed by atoms with Crippen molar-refractivity contribution in [2.24, 2.45) is 0 Å². The van der Waals surface area contributed by atoms with Gasteiger partial charge in [-0.1, -0.05) is 24.3 Å². The van der Waals surface area contributed by atoms with Crippen LogP contribution in [0.2, 0.25) is 0 Å². The molecule has 0 bridgehead atoms. The highest BCUT2D eigenvalue weighted by Crippen LogP contribution is 2.18. The van der Waals surface area contributed by atoms with E-state index >= 15 is 0 Å². The smallest absolute Gasteiger partial charge is 0.0885 e. The Morgan fingerprint density at radius 1 is 1.43 bits per heavy atom. The summed E-state index contributed by atoms with van der Waals surface area (Å²) in [5.74, 6) is 0. The minimum absolute atomic E-state index is 0.361. The van der Waals surface area contributed by atoms with E-state index in [1.165, 1.54) is 11.1 Å². The number of rotatable bonds is 5. The summed E-state index contributed by atoms with van der Waals surface area (Å²) in [5, 5.41) is 0. The molecule has 1 aromatic rings. The van der Waals surface area contributed by atoms with Crippen molar-refractivity contribution in [3.63, 3.8) is 0 Å². The molecule has 0 N–H and O–H groups in total. The molecule has 1 saturated heterocycles. The first-order valence-electron chi connectivity index (χ1n) is 4.93. The second-order valence-electron chi connectivity index (χ2n) is 3.52. The summed E-state index contributed by atoms with van der Waals surface area (Å²) in [6.45, 7) is 1.67. The molecule has 2 rings (SSSR count). The zero-order valence-electron chi connectivity index (χ0n) is 8.40. The lowest BCUT2D eigenvalue weighted by molar-refractivity contribution is 0.202. The first kappa shape index (κ1) is 9.69. The molecule has 1 unspecified atom stereocenters. The van der Waals surface area contributed by atoms with E-state index in [1.54, 1.807) is 7.11 Å². The second-order valence-corrected chi connectivity index (χ2v) is 3.52. The summed E-state index contributed by atoms with van der Waals surface area (Å²) in [5.41, 5.74) is 2.56. The maximum absolute atomic E-state index is 5.13. The molecule has 1 heterocycles. The third-order valence-electron chi connectivity index (χ3n) is 2.31. The molecular formula is C12H15O2. The fourth-order valence-electron chi connectivity index (χ4n) is 1.38. The Morgan fingerprint density at radius 2 is 2.14 bits per heavy atom. The van der Waals surface area contributed by atoms with Gasteiger partial charge in [-0.25, -0.2) is 0 Å². The van der Waals surface area contributed by atoms with Gasteiger partial charge < -0.3 is 9.47 Å². The van der Waals surface area contributed by atoms with Gasteiger partial charge in [-0.2, -0.15) is 0 Å². The van der Waals surface area contributed by atoms with Crippen LogP contribution in [-0.2, 0) is 15.9 Å². The lowest BCUT2D eigenvalue weighted by atomic mass is 10.1. The first-order valence-corrected chi connectivity index (χ1v) is 4.93. The molecule has 0 spiro atoms. The lowest BCUT2D eigenvalue weighted by Crippen LogP contribution is -1.95. The molecule has 1 aliphatic rings. The summed E-state index contributed by atoms with van der Waals surface area (Å²) in [6, 6.07) is 8.56. The molecule has 1 radical (unpaired) electrons. The Morgan fingerprint density at radius 3 is 2.71 bits per heavy atom. The van der Waals surface area contributed by atoms with Crippen LogP contribution in [0.15, 0.2) is 24.3 Å². The molecule has 0 aromatic heterocycles.